The van der Waals surface area contributed by atoms with Crippen LogP contribution in [0.25, 0.3) is 6.08 Å². The first-order valence-electron chi connectivity index (χ1n) is 10.0. The molecule has 0 saturated carbocycles. The smallest absolute Gasteiger partial charge is 0.267 e. The highest BCUT2D eigenvalue weighted by atomic mass is 16.5. The van der Waals surface area contributed by atoms with Gasteiger partial charge in [0, 0.05) is 50.4 Å². The lowest BCUT2D eigenvalue weighted by Crippen LogP contribution is -2.56. The molecule has 0 spiro atoms. The molecule has 1 amide bonds. The number of benzene rings is 1. The van der Waals surface area contributed by atoms with Crippen molar-refractivity contribution in [1.29, 1.82) is 0 Å². The van der Waals surface area contributed by atoms with Gasteiger partial charge in [-0.05, 0) is 44.0 Å². The third kappa shape index (κ3) is 4.98. The molecule has 0 bridgehead atoms. The lowest BCUT2D eigenvalue weighted by Gasteiger charge is -2.45. The van der Waals surface area contributed by atoms with E-state index in [1.165, 1.54) is 6.08 Å². The van der Waals surface area contributed by atoms with Crippen LogP contribution in [0.5, 0.6) is 0 Å². The summed E-state index contributed by atoms with van der Waals surface area (Å²) < 4.78 is 0. The molecule has 2 unspecified atom stereocenters. The van der Waals surface area contributed by atoms with Gasteiger partial charge in [0.15, 0.2) is 0 Å². The van der Waals surface area contributed by atoms with Crippen molar-refractivity contribution in [3.63, 3.8) is 0 Å². The Hall–Kier alpha value is -2.22. The van der Waals surface area contributed by atoms with Gasteiger partial charge in [0.05, 0.1) is 6.17 Å². The Bertz CT molecular complexity index is 701. The molecule has 7 nitrogen and oxygen atoms in total. The fourth-order valence-electron chi connectivity index (χ4n) is 4.18. The molecule has 0 aromatic heterocycles. The van der Waals surface area contributed by atoms with Gasteiger partial charge in [-0.3, -0.25) is 19.8 Å². The Morgan fingerprint density at radius 2 is 1.93 bits per heavy atom. The zero-order valence-electron chi connectivity index (χ0n) is 16.5. The van der Waals surface area contributed by atoms with E-state index >= 15 is 0 Å². The number of carbonyl (C=O) groups excluding carboxylic acids is 2. The minimum Gasteiger partial charge on any atom is -0.368 e. The molecule has 1 aromatic rings. The van der Waals surface area contributed by atoms with E-state index in [2.05, 4.69) is 27.7 Å². The average molecular weight is 386 g/mol. The Kier molecular flexibility index (Phi) is 7.19. The van der Waals surface area contributed by atoms with Crippen molar-refractivity contribution >= 4 is 24.0 Å². The number of hydrogen-bond donors (Lipinski definition) is 2. The average Bonchev–Trinajstić information content (AvgIpc) is 2.77. The number of carbonyl (C=O) groups is 2. The number of nitrogens with zero attached hydrogens (tertiary/aromatic N) is 3. The van der Waals surface area contributed by atoms with E-state index in [1.807, 2.05) is 18.2 Å². The largest absolute Gasteiger partial charge is 0.368 e. The van der Waals surface area contributed by atoms with Crippen molar-refractivity contribution in [2.75, 3.05) is 44.2 Å². The predicted octanol–water partition coefficient (Wildman–Crippen LogP) is 1.58. The third-order valence-electron chi connectivity index (χ3n) is 5.85. The van der Waals surface area contributed by atoms with Crippen molar-refractivity contribution < 1.29 is 14.8 Å². The summed E-state index contributed by atoms with van der Waals surface area (Å²) in [6.07, 6.45) is 6.61. The standard InChI is InChI=1S/C21H30N4O3/c1-17(25-10-4-5-18(15-25)16-26)23-11-13-24(14-12-23)20-7-3-2-6-19(20)8-9-21(27)22-28/h2-3,6-9,16-18,28H,4-5,10-15H2,1H3,(H,22,27). The van der Waals surface area contributed by atoms with E-state index in [-0.39, 0.29) is 5.92 Å². The molecule has 1 aromatic carbocycles. The maximum Gasteiger partial charge on any atom is 0.267 e. The summed E-state index contributed by atoms with van der Waals surface area (Å²) in [6.45, 7) is 7.90. The van der Waals surface area contributed by atoms with E-state index in [0.717, 1.165) is 69.6 Å². The van der Waals surface area contributed by atoms with Gasteiger partial charge in [-0.2, -0.15) is 0 Å². The molecule has 2 atom stereocenters. The van der Waals surface area contributed by atoms with Gasteiger partial charge in [-0.1, -0.05) is 18.2 Å². The van der Waals surface area contributed by atoms with Crippen LogP contribution in [0.1, 0.15) is 25.3 Å². The maximum absolute atomic E-state index is 11.3. The van der Waals surface area contributed by atoms with Crippen LogP contribution >= 0.6 is 0 Å². The molecular weight excluding hydrogens is 356 g/mol. The van der Waals surface area contributed by atoms with Crippen LogP contribution in [0.15, 0.2) is 30.3 Å². The highest BCUT2D eigenvalue weighted by Gasteiger charge is 2.29. The van der Waals surface area contributed by atoms with Crippen LogP contribution in [0, 0.1) is 5.92 Å². The number of rotatable bonds is 6. The molecule has 0 aliphatic carbocycles. The maximum atomic E-state index is 11.3. The van der Waals surface area contributed by atoms with Crippen LogP contribution in [0.2, 0.25) is 0 Å². The number of piperidine rings is 1. The first-order chi connectivity index (χ1) is 13.6. The van der Waals surface area contributed by atoms with Gasteiger partial charge in [0.25, 0.3) is 5.91 Å². The molecule has 2 aliphatic heterocycles. The number of hydroxylamine groups is 1. The first kappa shape index (κ1) is 20.5. The molecule has 7 heteroatoms. The lowest BCUT2D eigenvalue weighted by molar-refractivity contribution is -0.124. The van der Waals surface area contributed by atoms with E-state index in [4.69, 9.17) is 5.21 Å². The number of amides is 1. The Labute approximate surface area is 166 Å². The second-order valence-electron chi connectivity index (χ2n) is 7.56. The minimum absolute atomic E-state index is 0.173. The number of likely N-dealkylation sites (tertiary alicyclic amines) is 1. The normalized spacial score (nSPS) is 22.9. The lowest BCUT2D eigenvalue weighted by atomic mass is 9.99. The van der Waals surface area contributed by atoms with Crippen molar-refractivity contribution in [1.82, 2.24) is 15.3 Å². The molecular formula is C21H30N4O3. The van der Waals surface area contributed by atoms with Crippen molar-refractivity contribution in [2.45, 2.75) is 25.9 Å². The van der Waals surface area contributed by atoms with Crippen LogP contribution < -0.4 is 10.4 Å². The molecule has 152 valence electrons. The number of para-hydroxylation sites is 1. The van der Waals surface area contributed by atoms with Crippen molar-refractivity contribution in [2.24, 2.45) is 5.92 Å². The van der Waals surface area contributed by atoms with Gasteiger partial charge in [-0.15, -0.1) is 0 Å². The van der Waals surface area contributed by atoms with Crippen LogP contribution in [0.4, 0.5) is 5.69 Å². The summed E-state index contributed by atoms with van der Waals surface area (Å²) in [5.41, 5.74) is 3.67. The zero-order valence-corrected chi connectivity index (χ0v) is 16.5. The van der Waals surface area contributed by atoms with E-state index in [0.29, 0.717) is 6.17 Å². The van der Waals surface area contributed by atoms with Gasteiger partial charge >= 0.3 is 0 Å². The van der Waals surface area contributed by atoms with Gasteiger partial charge < -0.3 is 9.69 Å². The summed E-state index contributed by atoms with van der Waals surface area (Å²) in [4.78, 5) is 29.7. The summed E-state index contributed by atoms with van der Waals surface area (Å²) >= 11 is 0. The quantitative estimate of drug-likeness (QED) is 0.335. The fourth-order valence-corrected chi connectivity index (χ4v) is 4.18. The molecule has 2 aliphatic rings. The highest BCUT2D eigenvalue weighted by Crippen LogP contribution is 2.25. The monoisotopic (exact) mass is 386 g/mol. The second kappa shape index (κ2) is 9.82. The van der Waals surface area contributed by atoms with Crippen LogP contribution in [0.3, 0.4) is 0 Å². The molecule has 2 heterocycles. The number of aldehydes is 1. The van der Waals surface area contributed by atoms with Crippen LogP contribution in [-0.2, 0) is 9.59 Å². The predicted molar refractivity (Wildman–Crippen MR) is 109 cm³/mol. The molecule has 2 fully saturated rings. The zero-order chi connectivity index (χ0) is 19.9. The van der Waals surface area contributed by atoms with Gasteiger partial charge in [-0.25, -0.2) is 5.48 Å². The van der Waals surface area contributed by atoms with Gasteiger partial charge in [0.1, 0.15) is 6.29 Å². The third-order valence-corrected chi connectivity index (χ3v) is 5.85. The van der Waals surface area contributed by atoms with Gasteiger partial charge in [0.2, 0.25) is 0 Å². The number of hydrogen-bond acceptors (Lipinski definition) is 6. The molecule has 2 N–H and O–H groups in total. The SMILES string of the molecule is CC(N1CCN(c2ccccc2C=CC(=O)NO)CC1)N1CCCC(C=O)C1. The van der Waals surface area contributed by atoms with E-state index in [9.17, 15) is 9.59 Å². The summed E-state index contributed by atoms with van der Waals surface area (Å²) in [5.74, 6) is -0.365. The van der Waals surface area contributed by atoms with E-state index in [1.54, 1.807) is 11.6 Å². The number of nitrogens with one attached hydrogen (secondary N) is 1. The summed E-state index contributed by atoms with van der Waals surface area (Å²) in [5, 5.41) is 8.66. The van der Waals surface area contributed by atoms with Crippen molar-refractivity contribution in [3.8, 4) is 0 Å². The Balaban J connectivity index is 1.60. The topological polar surface area (TPSA) is 76.1 Å². The first-order valence-corrected chi connectivity index (χ1v) is 10.0. The molecule has 28 heavy (non-hydrogen) atoms. The second-order valence-corrected chi connectivity index (χ2v) is 7.56. The van der Waals surface area contributed by atoms with Crippen molar-refractivity contribution in [3.05, 3.63) is 35.9 Å². The summed E-state index contributed by atoms with van der Waals surface area (Å²) in [7, 11) is 0. The number of anilines is 1. The van der Waals surface area contributed by atoms with Crippen LogP contribution in [-0.4, -0.2) is 72.6 Å². The Morgan fingerprint density at radius 1 is 1.18 bits per heavy atom. The number of piperazine rings is 1. The molecule has 0 radical (unpaired) electrons. The Morgan fingerprint density at radius 3 is 2.64 bits per heavy atom. The fraction of sp³-hybridized carbons (Fsp3) is 0.524. The van der Waals surface area contributed by atoms with E-state index < -0.39 is 5.91 Å². The summed E-state index contributed by atoms with van der Waals surface area (Å²) in [6, 6.07) is 7.98. The molecule has 3 rings (SSSR count). The molecule has 2 saturated heterocycles. The minimum atomic E-state index is -0.538. The highest BCUT2D eigenvalue weighted by molar-refractivity contribution is 5.91.